The molecule has 2 rings (SSSR count). The van der Waals surface area contributed by atoms with Gasteiger partial charge in [0.05, 0.1) is 16.8 Å². The SMILES string of the molecule is C[C@@H](OC(=O)c1cccc(OC(F)F)c1)C(=O)Nc1ccccc1C#N. The van der Waals surface area contributed by atoms with Gasteiger partial charge in [-0.05, 0) is 37.3 Å². The minimum Gasteiger partial charge on any atom is -0.449 e. The second-order valence-corrected chi connectivity index (χ2v) is 5.10. The molecule has 0 aliphatic heterocycles. The second kappa shape index (κ2) is 8.58. The van der Waals surface area contributed by atoms with Crippen molar-refractivity contribution in [3.05, 3.63) is 59.7 Å². The van der Waals surface area contributed by atoms with E-state index in [-0.39, 0.29) is 22.6 Å². The number of benzene rings is 2. The van der Waals surface area contributed by atoms with Gasteiger partial charge >= 0.3 is 12.6 Å². The fourth-order valence-corrected chi connectivity index (χ4v) is 2.01. The number of nitrogens with zero attached hydrogens (tertiary/aromatic N) is 1. The molecule has 1 atom stereocenters. The molecule has 0 fully saturated rings. The lowest BCUT2D eigenvalue weighted by molar-refractivity contribution is -0.123. The van der Waals surface area contributed by atoms with Gasteiger partial charge in [-0.2, -0.15) is 14.0 Å². The van der Waals surface area contributed by atoms with E-state index in [1.807, 2.05) is 6.07 Å². The molecule has 1 N–H and O–H groups in total. The fourth-order valence-electron chi connectivity index (χ4n) is 2.01. The van der Waals surface area contributed by atoms with E-state index in [4.69, 9.17) is 10.00 Å². The molecule has 0 saturated carbocycles. The van der Waals surface area contributed by atoms with Crippen molar-refractivity contribution in [1.29, 1.82) is 5.26 Å². The van der Waals surface area contributed by atoms with Crippen LogP contribution in [0.25, 0.3) is 0 Å². The number of halogens is 2. The first-order valence-electron chi connectivity index (χ1n) is 7.46. The topological polar surface area (TPSA) is 88.4 Å². The monoisotopic (exact) mass is 360 g/mol. The molecule has 0 spiro atoms. The largest absolute Gasteiger partial charge is 0.449 e. The molecule has 6 nitrogen and oxygen atoms in total. The van der Waals surface area contributed by atoms with Gasteiger partial charge in [0.2, 0.25) is 0 Å². The molecule has 0 saturated heterocycles. The summed E-state index contributed by atoms with van der Waals surface area (Å²) in [5.41, 5.74) is 0.506. The number of carbonyl (C=O) groups excluding carboxylic acids is 2. The lowest BCUT2D eigenvalue weighted by Gasteiger charge is -2.14. The number of hydrogen-bond donors (Lipinski definition) is 1. The number of para-hydroxylation sites is 1. The van der Waals surface area contributed by atoms with Crippen LogP contribution < -0.4 is 10.1 Å². The van der Waals surface area contributed by atoms with Crippen LogP contribution in [0.15, 0.2) is 48.5 Å². The molecule has 134 valence electrons. The highest BCUT2D eigenvalue weighted by Crippen LogP contribution is 2.18. The standard InChI is InChI=1S/C18H14F2N2O4/c1-11(16(23)22-15-8-3-2-5-13(15)10-21)25-17(24)12-6-4-7-14(9-12)26-18(19)20/h2-9,11,18H,1H3,(H,22,23)/t11-/m1/s1. The van der Waals surface area contributed by atoms with Crippen LogP contribution >= 0.6 is 0 Å². The summed E-state index contributed by atoms with van der Waals surface area (Å²) in [5, 5.41) is 11.5. The molecule has 0 aliphatic carbocycles. The summed E-state index contributed by atoms with van der Waals surface area (Å²) in [4.78, 5) is 24.2. The van der Waals surface area contributed by atoms with Gasteiger partial charge in [0.15, 0.2) is 6.10 Å². The highest BCUT2D eigenvalue weighted by molar-refractivity contribution is 5.98. The summed E-state index contributed by atoms with van der Waals surface area (Å²) in [5.74, 6) is -1.71. The number of rotatable bonds is 6. The Morgan fingerprint density at radius 2 is 1.88 bits per heavy atom. The van der Waals surface area contributed by atoms with E-state index in [0.717, 1.165) is 6.07 Å². The first-order valence-corrected chi connectivity index (χ1v) is 7.46. The van der Waals surface area contributed by atoms with E-state index < -0.39 is 24.6 Å². The van der Waals surface area contributed by atoms with Gasteiger partial charge in [-0.1, -0.05) is 18.2 Å². The summed E-state index contributed by atoms with van der Waals surface area (Å²) in [7, 11) is 0. The van der Waals surface area contributed by atoms with Gasteiger partial charge in [0, 0.05) is 0 Å². The third-order valence-electron chi connectivity index (χ3n) is 3.25. The van der Waals surface area contributed by atoms with E-state index >= 15 is 0 Å². The lowest BCUT2D eigenvalue weighted by Crippen LogP contribution is -2.30. The number of carbonyl (C=O) groups is 2. The average molecular weight is 360 g/mol. The molecule has 0 aliphatic rings. The first kappa shape index (κ1) is 18.9. The van der Waals surface area contributed by atoms with Crippen LogP contribution in [0, 0.1) is 11.3 Å². The van der Waals surface area contributed by atoms with Crippen LogP contribution in [0.3, 0.4) is 0 Å². The van der Waals surface area contributed by atoms with Crippen LogP contribution in [-0.2, 0) is 9.53 Å². The van der Waals surface area contributed by atoms with Crippen molar-refractivity contribution in [3.8, 4) is 11.8 Å². The maximum absolute atomic E-state index is 12.2. The molecule has 2 aromatic carbocycles. The number of amides is 1. The van der Waals surface area contributed by atoms with Crippen molar-refractivity contribution in [2.45, 2.75) is 19.6 Å². The van der Waals surface area contributed by atoms with E-state index in [9.17, 15) is 18.4 Å². The Bertz CT molecular complexity index is 849. The zero-order chi connectivity index (χ0) is 19.1. The molecule has 1 amide bonds. The van der Waals surface area contributed by atoms with Crippen molar-refractivity contribution in [3.63, 3.8) is 0 Å². The average Bonchev–Trinajstić information content (AvgIpc) is 2.61. The summed E-state index contributed by atoms with van der Waals surface area (Å²) in [6, 6.07) is 13.3. The maximum Gasteiger partial charge on any atom is 0.387 e. The minimum absolute atomic E-state index is 0.0415. The summed E-state index contributed by atoms with van der Waals surface area (Å²) in [6.07, 6.45) is -1.17. The molecule has 26 heavy (non-hydrogen) atoms. The first-order chi connectivity index (χ1) is 12.4. The minimum atomic E-state index is -3.02. The molecule has 2 aromatic rings. The summed E-state index contributed by atoms with van der Waals surface area (Å²) < 4.78 is 33.7. The fraction of sp³-hybridized carbons (Fsp3) is 0.167. The Morgan fingerprint density at radius 1 is 1.15 bits per heavy atom. The van der Waals surface area contributed by atoms with E-state index in [0.29, 0.717) is 0 Å². The molecular weight excluding hydrogens is 346 g/mol. The van der Waals surface area contributed by atoms with Gasteiger partial charge in [0.25, 0.3) is 5.91 Å². The van der Waals surface area contributed by atoms with Crippen LogP contribution in [0.1, 0.15) is 22.8 Å². The predicted octanol–water partition coefficient (Wildman–Crippen LogP) is 3.34. The Kier molecular flexibility index (Phi) is 6.22. The normalized spacial score (nSPS) is 11.3. The third-order valence-corrected chi connectivity index (χ3v) is 3.25. The lowest BCUT2D eigenvalue weighted by atomic mass is 10.2. The molecule has 0 heterocycles. The van der Waals surface area contributed by atoms with Crippen LogP contribution in [-0.4, -0.2) is 24.6 Å². The van der Waals surface area contributed by atoms with E-state index in [1.165, 1.54) is 37.3 Å². The predicted molar refractivity (Wildman–Crippen MR) is 87.7 cm³/mol. The van der Waals surface area contributed by atoms with E-state index in [2.05, 4.69) is 10.1 Å². The van der Waals surface area contributed by atoms with Crippen molar-refractivity contribution >= 4 is 17.6 Å². The second-order valence-electron chi connectivity index (χ2n) is 5.10. The highest BCUT2D eigenvalue weighted by atomic mass is 19.3. The zero-order valence-electron chi connectivity index (χ0n) is 13.6. The Labute approximate surface area is 148 Å². The number of nitriles is 1. The van der Waals surface area contributed by atoms with Crippen LogP contribution in [0.2, 0.25) is 0 Å². The molecule has 0 unspecified atom stereocenters. The highest BCUT2D eigenvalue weighted by Gasteiger charge is 2.20. The van der Waals surface area contributed by atoms with Gasteiger partial charge in [0.1, 0.15) is 11.8 Å². The third kappa shape index (κ3) is 5.01. The number of ether oxygens (including phenoxy) is 2. The van der Waals surface area contributed by atoms with Crippen molar-refractivity contribution in [1.82, 2.24) is 0 Å². The van der Waals surface area contributed by atoms with Gasteiger partial charge in [-0.3, -0.25) is 4.79 Å². The maximum atomic E-state index is 12.2. The number of hydrogen-bond acceptors (Lipinski definition) is 5. The van der Waals surface area contributed by atoms with Gasteiger partial charge < -0.3 is 14.8 Å². The van der Waals surface area contributed by atoms with Crippen LogP contribution in [0.4, 0.5) is 14.5 Å². The quantitative estimate of drug-likeness (QED) is 0.798. The number of anilines is 1. The molecule has 0 radical (unpaired) electrons. The van der Waals surface area contributed by atoms with Gasteiger partial charge in [-0.25, -0.2) is 4.79 Å². The van der Waals surface area contributed by atoms with Crippen molar-refractivity contribution in [2.24, 2.45) is 0 Å². The number of nitrogens with one attached hydrogen (secondary N) is 1. The smallest absolute Gasteiger partial charge is 0.387 e. The Morgan fingerprint density at radius 3 is 2.58 bits per heavy atom. The number of alkyl halides is 2. The van der Waals surface area contributed by atoms with E-state index in [1.54, 1.807) is 12.1 Å². The van der Waals surface area contributed by atoms with Crippen LogP contribution in [0.5, 0.6) is 5.75 Å². The van der Waals surface area contributed by atoms with Crippen molar-refractivity contribution < 1.29 is 27.8 Å². The zero-order valence-corrected chi connectivity index (χ0v) is 13.6. The van der Waals surface area contributed by atoms with Gasteiger partial charge in [-0.15, -0.1) is 0 Å². The molecule has 0 bridgehead atoms. The number of esters is 1. The molecule has 0 aromatic heterocycles. The molecule has 8 heteroatoms. The Balaban J connectivity index is 2.02. The summed E-state index contributed by atoms with van der Waals surface area (Å²) >= 11 is 0. The summed E-state index contributed by atoms with van der Waals surface area (Å²) in [6.45, 7) is -1.67. The molecular formula is C18H14F2N2O4. The Hall–Kier alpha value is -3.47. The van der Waals surface area contributed by atoms with Crippen molar-refractivity contribution in [2.75, 3.05) is 5.32 Å².